The van der Waals surface area contributed by atoms with E-state index in [9.17, 15) is 9.59 Å². The zero-order valence-corrected chi connectivity index (χ0v) is 28.3. The number of hydrogen-bond acceptors (Lipinski definition) is 3. The fourth-order valence-corrected chi connectivity index (χ4v) is 5.41. The molecule has 0 aliphatic carbocycles. The summed E-state index contributed by atoms with van der Waals surface area (Å²) in [6.07, 6.45) is 30.2. The van der Waals surface area contributed by atoms with Crippen LogP contribution >= 0.6 is 0 Å². The minimum Gasteiger partial charge on any atom is -0.362 e. The summed E-state index contributed by atoms with van der Waals surface area (Å²) < 4.78 is 5.70. The molecular weight excluding hydrogens is 508 g/mol. The summed E-state index contributed by atoms with van der Waals surface area (Å²) in [4.78, 5) is 29.8. The number of carbonyl (C=O) groups is 2. The van der Waals surface area contributed by atoms with Gasteiger partial charge in [-0.2, -0.15) is 0 Å². The Morgan fingerprint density at radius 3 is 0.902 bits per heavy atom. The van der Waals surface area contributed by atoms with E-state index in [0.717, 1.165) is 64.7 Å². The molecule has 0 aromatic heterocycles. The van der Waals surface area contributed by atoms with E-state index in [0.29, 0.717) is 0 Å². The lowest BCUT2D eigenvalue weighted by atomic mass is 10.1. The molecule has 0 aromatic rings. The SMILES string of the molecule is CCCCCCCCCCCCN(CCCCCCCCCCCC)C(=O)COCC(=O)N(CCCC)CCCC. The lowest BCUT2D eigenvalue weighted by molar-refractivity contribution is -0.142. The van der Waals surface area contributed by atoms with E-state index in [1.807, 2.05) is 9.80 Å². The molecule has 0 radical (unpaired) electrons. The number of nitrogens with zero attached hydrogens (tertiary/aromatic N) is 2. The zero-order chi connectivity index (χ0) is 30.2. The molecule has 0 rings (SSSR count). The van der Waals surface area contributed by atoms with Crippen molar-refractivity contribution in [2.24, 2.45) is 0 Å². The molecule has 0 saturated carbocycles. The van der Waals surface area contributed by atoms with Crippen molar-refractivity contribution in [3.05, 3.63) is 0 Å². The second kappa shape index (κ2) is 31.8. The molecule has 0 unspecified atom stereocenters. The van der Waals surface area contributed by atoms with Gasteiger partial charge in [0.25, 0.3) is 0 Å². The Labute approximate surface area is 256 Å². The smallest absolute Gasteiger partial charge is 0.248 e. The standard InChI is InChI=1S/C36H72N2O3/c1-5-9-13-15-17-19-21-23-25-27-31-38(32-28-26-24-22-20-18-16-14-10-6-2)36(40)34-41-33-35(39)37(29-11-7-3)30-12-8-4/h5-34H2,1-4H3. The number of amides is 2. The number of unbranched alkanes of at least 4 members (excludes halogenated alkanes) is 20. The molecule has 0 saturated heterocycles. The van der Waals surface area contributed by atoms with Gasteiger partial charge in [0.1, 0.15) is 13.2 Å². The summed E-state index contributed by atoms with van der Waals surface area (Å²) in [5.41, 5.74) is 0. The van der Waals surface area contributed by atoms with Crippen molar-refractivity contribution in [3.63, 3.8) is 0 Å². The average molecular weight is 581 g/mol. The molecule has 0 N–H and O–H groups in total. The molecule has 244 valence electrons. The van der Waals surface area contributed by atoms with Crippen LogP contribution in [0.25, 0.3) is 0 Å². The molecule has 0 aliphatic rings. The third kappa shape index (κ3) is 26.3. The van der Waals surface area contributed by atoms with Gasteiger partial charge < -0.3 is 14.5 Å². The van der Waals surface area contributed by atoms with E-state index >= 15 is 0 Å². The fourth-order valence-electron chi connectivity index (χ4n) is 5.41. The molecule has 0 atom stereocenters. The topological polar surface area (TPSA) is 49.9 Å². The molecule has 5 nitrogen and oxygen atoms in total. The maximum atomic E-state index is 13.1. The lowest BCUT2D eigenvalue weighted by Gasteiger charge is -2.24. The Morgan fingerprint density at radius 1 is 0.366 bits per heavy atom. The van der Waals surface area contributed by atoms with Gasteiger partial charge in [-0.05, 0) is 25.7 Å². The van der Waals surface area contributed by atoms with Gasteiger partial charge in [0.05, 0.1) is 0 Å². The Hall–Kier alpha value is -1.10. The predicted molar refractivity (Wildman–Crippen MR) is 177 cm³/mol. The quantitative estimate of drug-likeness (QED) is 0.0744. The molecule has 0 bridgehead atoms. The molecule has 0 aromatic carbocycles. The summed E-state index contributed by atoms with van der Waals surface area (Å²) in [7, 11) is 0. The van der Waals surface area contributed by atoms with E-state index in [4.69, 9.17) is 4.74 Å². The van der Waals surface area contributed by atoms with Crippen LogP contribution in [0.5, 0.6) is 0 Å². The van der Waals surface area contributed by atoms with Gasteiger partial charge >= 0.3 is 0 Å². The average Bonchev–Trinajstić information content (AvgIpc) is 2.97. The summed E-state index contributed by atoms with van der Waals surface area (Å²) in [6, 6.07) is 0. The Morgan fingerprint density at radius 2 is 0.610 bits per heavy atom. The van der Waals surface area contributed by atoms with E-state index in [1.54, 1.807) is 0 Å². The van der Waals surface area contributed by atoms with E-state index in [2.05, 4.69) is 27.7 Å². The molecule has 0 fully saturated rings. The van der Waals surface area contributed by atoms with Gasteiger partial charge in [0.15, 0.2) is 0 Å². The lowest BCUT2D eigenvalue weighted by Crippen LogP contribution is -2.39. The molecule has 0 aliphatic heterocycles. The number of hydrogen-bond donors (Lipinski definition) is 0. The Bertz CT molecular complexity index is 537. The maximum Gasteiger partial charge on any atom is 0.248 e. The van der Waals surface area contributed by atoms with Crippen molar-refractivity contribution >= 4 is 11.8 Å². The Balaban J connectivity index is 4.45. The maximum absolute atomic E-state index is 13.1. The van der Waals surface area contributed by atoms with Gasteiger partial charge in [-0.3, -0.25) is 9.59 Å². The van der Waals surface area contributed by atoms with E-state index in [-0.39, 0.29) is 25.0 Å². The highest BCUT2D eigenvalue weighted by Gasteiger charge is 2.16. The summed E-state index contributed by atoms with van der Waals surface area (Å²) in [5.74, 6) is 0.0777. The third-order valence-corrected chi connectivity index (χ3v) is 8.28. The van der Waals surface area contributed by atoms with Crippen LogP contribution in [0.15, 0.2) is 0 Å². The number of carbonyl (C=O) groups excluding carboxylic acids is 2. The summed E-state index contributed by atoms with van der Waals surface area (Å²) >= 11 is 0. The molecule has 0 spiro atoms. The van der Waals surface area contributed by atoms with Gasteiger partial charge in [0.2, 0.25) is 11.8 Å². The van der Waals surface area contributed by atoms with Crippen LogP contribution in [0.3, 0.4) is 0 Å². The van der Waals surface area contributed by atoms with E-state index < -0.39 is 0 Å². The highest BCUT2D eigenvalue weighted by molar-refractivity contribution is 5.79. The van der Waals surface area contributed by atoms with Crippen LogP contribution < -0.4 is 0 Å². The molecule has 2 amide bonds. The highest BCUT2D eigenvalue weighted by atomic mass is 16.5. The Kier molecular flexibility index (Phi) is 31.0. The van der Waals surface area contributed by atoms with Crippen molar-refractivity contribution in [3.8, 4) is 0 Å². The molecule has 0 heterocycles. The summed E-state index contributed by atoms with van der Waals surface area (Å²) in [6.45, 7) is 12.1. The van der Waals surface area contributed by atoms with Gasteiger partial charge in [0, 0.05) is 26.2 Å². The van der Waals surface area contributed by atoms with E-state index in [1.165, 1.54) is 116 Å². The fraction of sp³-hybridized carbons (Fsp3) is 0.944. The molecular formula is C36H72N2O3. The van der Waals surface area contributed by atoms with Crippen molar-refractivity contribution in [2.45, 2.75) is 182 Å². The first kappa shape index (κ1) is 39.9. The second-order valence-corrected chi connectivity index (χ2v) is 12.3. The van der Waals surface area contributed by atoms with Gasteiger partial charge in [-0.15, -0.1) is 0 Å². The minimum atomic E-state index is 0.0174. The first-order chi connectivity index (χ1) is 20.1. The minimum absolute atomic E-state index is 0.0174. The van der Waals surface area contributed by atoms with Crippen LogP contribution in [0.4, 0.5) is 0 Å². The van der Waals surface area contributed by atoms with Crippen LogP contribution in [-0.2, 0) is 14.3 Å². The first-order valence-corrected chi connectivity index (χ1v) is 18.2. The molecule has 41 heavy (non-hydrogen) atoms. The van der Waals surface area contributed by atoms with Crippen LogP contribution in [0.2, 0.25) is 0 Å². The zero-order valence-electron chi connectivity index (χ0n) is 28.3. The first-order valence-electron chi connectivity index (χ1n) is 18.2. The van der Waals surface area contributed by atoms with Crippen LogP contribution in [-0.4, -0.2) is 61.0 Å². The molecule has 5 heteroatoms. The van der Waals surface area contributed by atoms with Gasteiger partial charge in [-0.25, -0.2) is 0 Å². The van der Waals surface area contributed by atoms with Crippen molar-refractivity contribution < 1.29 is 14.3 Å². The largest absolute Gasteiger partial charge is 0.362 e. The predicted octanol–water partition coefficient (Wildman–Crippen LogP) is 10.1. The number of ether oxygens (including phenoxy) is 1. The monoisotopic (exact) mass is 581 g/mol. The van der Waals surface area contributed by atoms with Crippen molar-refractivity contribution in [2.75, 3.05) is 39.4 Å². The van der Waals surface area contributed by atoms with Crippen LogP contribution in [0.1, 0.15) is 182 Å². The van der Waals surface area contributed by atoms with Gasteiger partial charge in [-0.1, -0.05) is 156 Å². The second-order valence-electron chi connectivity index (χ2n) is 12.3. The van der Waals surface area contributed by atoms with Crippen LogP contribution in [0, 0.1) is 0 Å². The van der Waals surface area contributed by atoms with Crippen molar-refractivity contribution in [1.82, 2.24) is 9.80 Å². The summed E-state index contributed by atoms with van der Waals surface area (Å²) in [5, 5.41) is 0. The highest BCUT2D eigenvalue weighted by Crippen LogP contribution is 2.13. The third-order valence-electron chi connectivity index (χ3n) is 8.28. The number of rotatable bonds is 32. The van der Waals surface area contributed by atoms with Crippen molar-refractivity contribution in [1.29, 1.82) is 0 Å². The normalized spacial score (nSPS) is 11.2.